The standard InChI is InChI=1S/C16H18N2O4/c1-2-3-9-21-16(20)11-5-4-6-12(10-11)18-15(19)13-7-8-14(17)22-13/h4-8,10H,2-3,9,17H2,1H3,(H,18,19). The summed E-state index contributed by atoms with van der Waals surface area (Å²) >= 11 is 0. The topological polar surface area (TPSA) is 94.6 Å². The molecule has 0 atom stereocenters. The number of ether oxygens (including phenoxy) is 1. The van der Waals surface area contributed by atoms with E-state index in [4.69, 9.17) is 14.9 Å². The minimum absolute atomic E-state index is 0.105. The summed E-state index contributed by atoms with van der Waals surface area (Å²) in [5.74, 6) is -0.577. The molecule has 0 saturated heterocycles. The van der Waals surface area contributed by atoms with Crippen molar-refractivity contribution in [3.05, 3.63) is 47.7 Å². The van der Waals surface area contributed by atoms with E-state index in [1.54, 1.807) is 24.3 Å². The van der Waals surface area contributed by atoms with Gasteiger partial charge in [0.1, 0.15) is 0 Å². The van der Waals surface area contributed by atoms with Crippen molar-refractivity contribution in [3.63, 3.8) is 0 Å². The van der Waals surface area contributed by atoms with E-state index in [0.717, 1.165) is 12.8 Å². The second-order valence-corrected chi connectivity index (χ2v) is 4.73. The SMILES string of the molecule is CCCCOC(=O)c1cccc(NC(=O)c2ccc(N)o2)c1. The number of hydrogen-bond donors (Lipinski definition) is 2. The Balaban J connectivity index is 2.02. The summed E-state index contributed by atoms with van der Waals surface area (Å²) in [5, 5.41) is 2.64. The lowest BCUT2D eigenvalue weighted by Gasteiger charge is -2.07. The monoisotopic (exact) mass is 302 g/mol. The van der Waals surface area contributed by atoms with Crippen LogP contribution in [-0.2, 0) is 4.74 Å². The quantitative estimate of drug-likeness (QED) is 0.631. The Kier molecular flexibility index (Phi) is 5.19. The molecule has 0 aliphatic carbocycles. The molecule has 1 aromatic heterocycles. The first kappa shape index (κ1) is 15.6. The van der Waals surface area contributed by atoms with Crippen LogP contribution in [0.3, 0.4) is 0 Å². The highest BCUT2D eigenvalue weighted by Crippen LogP contribution is 2.15. The summed E-state index contributed by atoms with van der Waals surface area (Å²) in [4.78, 5) is 23.8. The number of amides is 1. The minimum Gasteiger partial charge on any atom is -0.462 e. The van der Waals surface area contributed by atoms with E-state index in [1.165, 1.54) is 12.1 Å². The molecule has 0 radical (unpaired) electrons. The van der Waals surface area contributed by atoms with E-state index >= 15 is 0 Å². The van der Waals surface area contributed by atoms with Crippen molar-refractivity contribution in [1.29, 1.82) is 0 Å². The van der Waals surface area contributed by atoms with Crippen molar-refractivity contribution in [3.8, 4) is 0 Å². The van der Waals surface area contributed by atoms with Crippen molar-refractivity contribution >= 4 is 23.4 Å². The molecule has 1 heterocycles. The van der Waals surface area contributed by atoms with Gasteiger partial charge in [0.25, 0.3) is 5.91 Å². The number of benzene rings is 1. The fourth-order valence-electron chi connectivity index (χ4n) is 1.78. The molecule has 2 rings (SSSR count). The maximum atomic E-state index is 11.9. The van der Waals surface area contributed by atoms with Gasteiger partial charge >= 0.3 is 5.97 Å². The van der Waals surface area contributed by atoms with Gasteiger partial charge in [0.05, 0.1) is 12.2 Å². The van der Waals surface area contributed by atoms with E-state index in [0.29, 0.717) is 17.9 Å². The van der Waals surface area contributed by atoms with Gasteiger partial charge in [0.15, 0.2) is 11.6 Å². The number of nitrogens with two attached hydrogens (primary N) is 1. The molecular formula is C16H18N2O4. The number of hydrogen-bond acceptors (Lipinski definition) is 5. The van der Waals surface area contributed by atoms with E-state index in [9.17, 15) is 9.59 Å². The van der Waals surface area contributed by atoms with Crippen LogP contribution in [0.2, 0.25) is 0 Å². The highest BCUT2D eigenvalue weighted by molar-refractivity contribution is 6.03. The van der Waals surface area contributed by atoms with Crippen molar-refractivity contribution in [2.24, 2.45) is 0 Å². The predicted molar refractivity (Wildman–Crippen MR) is 82.7 cm³/mol. The fraction of sp³-hybridized carbons (Fsp3) is 0.250. The Morgan fingerprint density at radius 1 is 1.27 bits per heavy atom. The summed E-state index contributed by atoms with van der Waals surface area (Å²) in [5.41, 5.74) is 6.28. The molecule has 0 aliphatic rings. The van der Waals surface area contributed by atoms with Gasteiger partial charge < -0.3 is 20.2 Å². The number of unbranched alkanes of at least 4 members (excludes halogenated alkanes) is 1. The number of esters is 1. The molecule has 0 spiro atoms. The van der Waals surface area contributed by atoms with Crippen LogP contribution >= 0.6 is 0 Å². The summed E-state index contributed by atoms with van der Waals surface area (Å²) < 4.78 is 10.2. The number of anilines is 2. The third-order valence-electron chi connectivity index (χ3n) is 2.94. The molecule has 0 bridgehead atoms. The number of carbonyl (C=O) groups excluding carboxylic acids is 2. The number of nitrogens with one attached hydrogen (secondary N) is 1. The van der Waals surface area contributed by atoms with Crippen LogP contribution in [0.4, 0.5) is 11.6 Å². The van der Waals surface area contributed by atoms with Gasteiger partial charge in [-0.2, -0.15) is 0 Å². The Morgan fingerprint density at radius 3 is 2.77 bits per heavy atom. The highest BCUT2D eigenvalue weighted by atomic mass is 16.5. The molecule has 0 aliphatic heterocycles. The van der Waals surface area contributed by atoms with Crippen LogP contribution in [0.1, 0.15) is 40.7 Å². The third kappa shape index (κ3) is 4.12. The van der Waals surface area contributed by atoms with E-state index in [1.807, 2.05) is 6.92 Å². The Hall–Kier alpha value is -2.76. The van der Waals surface area contributed by atoms with Crippen LogP contribution in [0.25, 0.3) is 0 Å². The number of furan rings is 1. The largest absolute Gasteiger partial charge is 0.462 e. The van der Waals surface area contributed by atoms with Crippen LogP contribution in [0.15, 0.2) is 40.8 Å². The zero-order chi connectivity index (χ0) is 15.9. The van der Waals surface area contributed by atoms with Gasteiger partial charge in [-0.05, 0) is 30.7 Å². The normalized spacial score (nSPS) is 10.2. The molecule has 3 N–H and O–H groups in total. The van der Waals surface area contributed by atoms with Gasteiger partial charge in [-0.25, -0.2) is 4.79 Å². The number of nitrogen functional groups attached to an aromatic ring is 1. The second kappa shape index (κ2) is 7.31. The summed E-state index contributed by atoms with van der Waals surface area (Å²) in [6, 6.07) is 9.51. The van der Waals surface area contributed by atoms with Crippen LogP contribution in [0, 0.1) is 0 Å². The predicted octanol–water partition coefficient (Wildman–Crippen LogP) is 3.07. The second-order valence-electron chi connectivity index (χ2n) is 4.73. The molecule has 116 valence electrons. The van der Waals surface area contributed by atoms with Crippen molar-refractivity contribution in [2.75, 3.05) is 17.7 Å². The molecule has 0 fully saturated rings. The fourth-order valence-corrected chi connectivity index (χ4v) is 1.78. The van der Waals surface area contributed by atoms with E-state index in [2.05, 4.69) is 5.32 Å². The maximum Gasteiger partial charge on any atom is 0.338 e. The molecule has 6 nitrogen and oxygen atoms in total. The zero-order valence-corrected chi connectivity index (χ0v) is 12.3. The first-order valence-corrected chi connectivity index (χ1v) is 7.04. The van der Waals surface area contributed by atoms with Crippen LogP contribution in [0.5, 0.6) is 0 Å². The van der Waals surface area contributed by atoms with Crippen molar-refractivity contribution in [1.82, 2.24) is 0 Å². The molecule has 0 unspecified atom stereocenters. The molecule has 2 aromatic rings. The Bertz CT molecular complexity index is 664. The van der Waals surface area contributed by atoms with Gasteiger partial charge in [0.2, 0.25) is 0 Å². The summed E-state index contributed by atoms with van der Waals surface area (Å²) in [6.45, 7) is 2.41. The maximum absolute atomic E-state index is 11.9. The van der Waals surface area contributed by atoms with Crippen LogP contribution in [-0.4, -0.2) is 18.5 Å². The van der Waals surface area contributed by atoms with Crippen molar-refractivity contribution < 1.29 is 18.7 Å². The summed E-state index contributed by atoms with van der Waals surface area (Å²) in [6.07, 6.45) is 1.78. The summed E-state index contributed by atoms with van der Waals surface area (Å²) in [7, 11) is 0. The number of carbonyl (C=O) groups is 2. The number of rotatable bonds is 6. The highest BCUT2D eigenvalue weighted by Gasteiger charge is 2.12. The molecular weight excluding hydrogens is 284 g/mol. The lowest BCUT2D eigenvalue weighted by atomic mass is 10.2. The zero-order valence-electron chi connectivity index (χ0n) is 12.3. The molecule has 6 heteroatoms. The average molecular weight is 302 g/mol. The van der Waals surface area contributed by atoms with Gasteiger partial charge in [-0.15, -0.1) is 0 Å². The first-order valence-electron chi connectivity index (χ1n) is 7.04. The van der Waals surface area contributed by atoms with E-state index in [-0.39, 0.29) is 11.6 Å². The van der Waals surface area contributed by atoms with Gasteiger partial charge in [-0.1, -0.05) is 19.4 Å². The minimum atomic E-state index is -0.437. The Labute approximate surface area is 128 Å². The molecule has 0 saturated carbocycles. The Morgan fingerprint density at radius 2 is 2.09 bits per heavy atom. The lowest BCUT2D eigenvalue weighted by molar-refractivity contribution is 0.0499. The first-order chi connectivity index (χ1) is 10.6. The molecule has 22 heavy (non-hydrogen) atoms. The van der Waals surface area contributed by atoms with E-state index < -0.39 is 11.9 Å². The van der Waals surface area contributed by atoms with Gasteiger partial charge in [-0.3, -0.25) is 4.79 Å². The third-order valence-corrected chi connectivity index (χ3v) is 2.94. The smallest absolute Gasteiger partial charge is 0.338 e. The van der Waals surface area contributed by atoms with Crippen LogP contribution < -0.4 is 11.1 Å². The van der Waals surface area contributed by atoms with Crippen molar-refractivity contribution in [2.45, 2.75) is 19.8 Å². The molecule has 1 aromatic carbocycles. The average Bonchev–Trinajstić information content (AvgIpc) is 2.94. The molecule has 1 amide bonds. The lowest BCUT2D eigenvalue weighted by Crippen LogP contribution is -2.12. The van der Waals surface area contributed by atoms with Gasteiger partial charge in [0, 0.05) is 11.8 Å².